The van der Waals surface area contributed by atoms with Crippen LogP contribution in [0.25, 0.3) is 0 Å². The van der Waals surface area contributed by atoms with Crippen LogP contribution in [0.1, 0.15) is 24.2 Å². The molecule has 0 aliphatic heterocycles. The Morgan fingerprint density at radius 3 is 2.29 bits per heavy atom. The number of hydrogen-bond acceptors (Lipinski definition) is 4. The molecular formula is C15H20ClN3O2. The van der Waals surface area contributed by atoms with Gasteiger partial charge in [0.15, 0.2) is 0 Å². The first-order valence-electron chi connectivity index (χ1n) is 6.74. The van der Waals surface area contributed by atoms with Gasteiger partial charge in [-0.25, -0.2) is 0 Å². The van der Waals surface area contributed by atoms with Crippen molar-refractivity contribution >= 4 is 11.6 Å². The van der Waals surface area contributed by atoms with Crippen molar-refractivity contribution in [1.29, 1.82) is 0 Å². The zero-order chi connectivity index (χ0) is 15.4. The van der Waals surface area contributed by atoms with Crippen molar-refractivity contribution in [2.75, 3.05) is 20.8 Å². The Bertz CT molecular complexity index is 571. The largest absolute Gasteiger partial charge is 0.497 e. The summed E-state index contributed by atoms with van der Waals surface area (Å²) in [6.07, 6.45) is 1.65. The van der Waals surface area contributed by atoms with Gasteiger partial charge in [-0.15, -0.1) is 0 Å². The lowest BCUT2D eigenvalue weighted by atomic mass is 10.0. The van der Waals surface area contributed by atoms with Crippen LogP contribution in [0.4, 0.5) is 0 Å². The molecule has 2 aromatic rings. The average molecular weight is 310 g/mol. The first kappa shape index (κ1) is 15.7. The van der Waals surface area contributed by atoms with Crippen molar-refractivity contribution in [1.82, 2.24) is 15.1 Å². The third-order valence-corrected chi connectivity index (χ3v) is 3.62. The van der Waals surface area contributed by atoms with Crippen LogP contribution < -0.4 is 14.8 Å². The van der Waals surface area contributed by atoms with Gasteiger partial charge in [-0.2, -0.15) is 5.10 Å². The summed E-state index contributed by atoms with van der Waals surface area (Å²) in [4.78, 5) is 0. The van der Waals surface area contributed by atoms with E-state index in [1.807, 2.05) is 25.2 Å². The Morgan fingerprint density at radius 2 is 1.86 bits per heavy atom. The lowest BCUT2D eigenvalue weighted by Crippen LogP contribution is -2.24. The summed E-state index contributed by atoms with van der Waals surface area (Å²) in [5.41, 5.74) is 1.92. The fraction of sp³-hybridized carbons (Fsp3) is 0.400. The highest BCUT2D eigenvalue weighted by atomic mass is 35.5. The number of aryl methyl sites for hydroxylation is 1. The Labute approximate surface area is 129 Å². The molecule has 0 aliphatic rings. The number of benzene rings is 1. The van der Waals surface area contributed by atoms with Crippen molar-refractivity contribution in [3.05, 3.63) is 40.7 Å². The van der Waals surface area contributed by atoms with Crippen molar-refractivity contribution in [3.63, 3.8) is 0 Å². The quantitative estimate of drug-likeness (QED) is 0.891. The van der Waals surface area contributed by atoms with E-state index in [2.05, 4.69) is 17.3 Å². The molecule has 6 heteroatoms. The molecule has 1 heterocycles. The average Bonchev–Trinajstić information content (AvgIpc) is 2.83. The van der Waals surface area contributed by atoms with Gasteiger partial charge in [0, 0.05) is 13.1 Å². The van der Waals surface area contributed by atoms with Crippen molar-refractivity contribution in [3.8, 4) is 11.5 Å². The van der Waals surface area contributed by atoms with Gasteiger partial charge in [-0.05, 0) is 24.2 Å². The van der Waals surface area contributed by atoms with Crippen LogP contribution in [0.2, 0.25) is 5.02 Å². The van der Waals surface area contributed by atoms with E-state index in [-0.39, 0.29) is 6.04 Å². The number of ether oxygens (including phenoxy) is 2. The monoisotopic (exact) mass is 309 g/mol. The van der Waals surface area contributed by atoms with Crippen LogP contribution in [0.3, 0.4) is 0 Å². The van der Waals surface area contributed by atoms with Crippen LogP contribution in [0, 0.1) is 0 Å². The highest BCUT2D eigenvalue weighted by Crippen LogP contribution is 2.32. The number of rotatable bonds is 6. The van der Waals surface area contributed by atoms with E-state index >= 15 is 0 Å². The molecule has 0 aliphatic carbocycles. The van der Waals surface area contributed by atoms with E-state index in [0.29, 0.717) is 5.02 Å². The van der Waals surface area contributed by atoms with E-state index in [1.54, 1.807) is 25.1 Å². The third kappa shape index (κ3) is 3.31. The molecule has 0 saturated carbocycles. The molecule has 1 atom stereocenters. The summed E-state index contributed by atoms with van der Waals surface area (Å²) >= 11 is 6.29. The standard InChI is InChI=1S/C15H20ClN3O2/c1-5-17-14(15-13(16)9-18-19(15)2)10-6-11(20-3)8-12(7-10)21-4/h6-9,14,17H,5H2,1-4H3. The Balaban J connectivity index is 2.52. The molecule has 0 bridgehead atoms. The number of hydrogen-bond donors (Lipinski definition) is 1. The fourth-order valence-corrected chi connectivity index (χ4v) is 2.59. The van der Waals surface area contributed by atoms with Gasteiger partial charge >= 0.3 is 0 Å². The lowest BCUT2D eigenvalue weighted by Gasteiger charge is -2.20. The first-order valence-corrected chi connectivity index (χ1v) is 7.12. The van der Waals surface area contributed by atoms with Gasteiger partial charge in [-0.3, -0.25) is 4.68 Å². The predicted octanol–water partition coefficient (Wildman–Crippen LogP) is 2.79. The van der Waals surface area contributed by atoms with Gasteiger partial charge in [0.1, 0.15) is 11.5 Å². The molecule has 5 nitrogen and oxygen atoms in total. The fourth-order valence-electron chi connectivity index (χ4n) is 2.32. The second-order valence-corrected chi connectivity index (χ2v) is 5.05. The molecular weight excluding hydrogens is 290 g/mol. The molecule has 0 amide bonds. The number of nitrogens with zero attached hydrogens (tertiary/aromatic N) is 2. The topological polar surface area (TPSA) is 48.3 Å². The van der Waals surface area contributed by atoms with E-state index in [1.165, 1.54) is 0 Å². The minimum atomic E-state index is -0.0843. The van der Waals surface area contributed by atoms with E-state index in [4.69, 9.17) is 21.1 Å². The second kappa shape index (κ2) is 6.83. The molecule has 0 fully saturated rings. The maximum atomic E-state index is 6.29. The molecule has 114 valence electrons. The van der Waals surface area contributed by atoms with E-state index < -0.39 is 0 Å². The van der Waals surface area contributed by atoms with Crippen LogP contribution in [0.15, 0.2) is 24.4 Å². The lowest BCUT2D eigenvalue weighted by molar-refractivity contribution is 0.392. The molecule has 0 saturated heterocycles. The maximum absolute atomic E-state index is 6.29. The van der Waals surface area contributed by atoms with Gasteiger partial charge in [0.25, 0.3) is 0 Å². The Hall–Kier alpha value is -1.72. The zero-order valence-electron chi connectivity index (χ0n) is 12.7. The van der Waals surface area contributed by atoms with Gasteiger partial charge < -0.3 is 14.8 Å². The summed E-state index contributed by atoms with van der Waals surface area (Å²) < 4.78 is 12.5. The molecule has 1 N–H and O–H groups in total. The van der Waals surface area contributed by atoms with Crippen LogP contribution in [-0.2, 0) is 7.05 Å². The van der Waals surface area contributed by atoms with Crippen LogP contribution in [0.5, 0.6) is 11.5 Å². The van der Waals surface area contributed by atoms with Crippen molar-refractivity contribution in [2.24, 2.45) is 7.05 Å². The van der Waals surface area contributed by atoms with Crippen molar-refractivity contribution in [2.45, 2.75) is 13.0 Å². The van der Waals surface area contributed by atoms with Gasteiger partial charge in [-0.1, -0.05) is 18.5 Å². The van der Waals surface area contributed by atoms with Crippen LogP contribution in [-0.4, -0.2) is 30.5 Å². The predicted molar refractivity (Wildman–Crippen MR) is 83.3 cm³/mol. The smallest absolute Gasteiger partial charge is 0.122 e. The van der Waals surface area contributed by atoms with Gasteiger partial charge in [0.05, 0.1) is 37.2 Å². The molecule has 0 radical (unpaired) electrons. The minimum absolute atomic E-state index is 0.0843. The third-order valence-electron chi connectivity index (χ3n) is 3.33. The number of halogens is 1. The van der Waals surface area contributed by atoms with Gasteiger partial charge in [0.2, 0.25) is 0 Å². The number of nitrogens with one attached hydrogen (secondary N) is 1. The molecule has 1 aromatic heterocycles. The molecule has 1 aromatic carbocycles. The van der Waals surface area contributed by atoms with E-state index in [0.717, 1.165) is 29.3 Å². The Kier molecular flexibility index (Phi) is 5.09. The van der Waals surface area contributed by atoms with Crippen LogP contribution >= 0.6 is 11.6 Å². The van der Waals surface area contributed by atoms with Crippen molar-refractivity contribution < 1.29 is 9.47 Å². The highest BCUT2D eigenvalue weighted by molar-refractivity contribution is 6.31. The first-order chi connectivity index (χ1) is 10.1. The number of methoxy groups -OCH3 is 2. The molecule has 0 spiro atoms. The summed E-state index contributed by atoms with van der Waals surface area (Å²) in [6.45, 7) is 2.85. The summed E-state index contributed by atoms with van der Waals surface area (Å²) in [7, 11) is 5.15. The summed E-state index contributed by atoms with van der Waals surface area (Å²) in [6, 6.07) is 5.70. The molecule has 2 rings (SSSR count). The summed E-state index contributed by atoms with van der Waals surface area (Å²) in [5, 5.41) is 8.27. The normalized spacial score (nSPS) is 12.2. The SMILES string of the molecule is CCNC(c1cc(OC)cc(OC)c1)c1c(Cl)cnn1C. The zero-order valence-corrected chi connectivity index (χ0v) is 13.4. The highest BCUT2D eigenvalue weighted by Gasteiger charge is 2.21. The molecule has 1 unspecified atom stereocenters. The maximum Gasteiger partial charge on any atom is 0.122 e. The van der Waals surface area contributed by atoms with E-state index in [9.17, 15) is 0 Å². The minimum Gasteiger partial charge on any atom is -0.497 e. The second-order valence-electron chi connectivity index (χ2n) is 4.64. The molecule has 21 heavy (non-hydrogen) atoms. The Morgan fingerprint density at radius 1 is 1.24 bits per heavy atom. The number of aromatic nitrogens is 2. The summed E-state index contributed by atoms with van der Waals surface area (Å²) in [5.74, 6) is 1.48.